The molecule has 0 N–H and O–H groups in total. The first-order valence-corrected chi connectivity index (χ1v) is 7.58. The average molecular weight is 347 g/mol. The van der Waals surface area contributed by atoms with E-state index in [1.165, 1.54) is 4.90 Å². The van der Waals surface area contributed by atoms with Gasteiger partial charge in [0.25, 0.3) is 0 Å². The molecule has 1 aromatic carbocycles. The van der Waals surface area contributed by atoms with Gasteiger partial charge in [-0.15, -0.1) is 6.42 Å². The molecular formula is C16H15BrN2O2. The van der Waals surface area contributed by atoms with Gasteiger partial charge in [0.05, 0.1) is 18.4 Å². The van der Waals surface area contributed by atoms with Gasteiger partial charge in [-0.05, 0) is 24.7 Å². The van der Waals surface area contributed by atoms with Crippen molar-refractivity contribution in [2.75, 3.05) is 20.1 Å². The quantitative estimate of drug-likeness (QED) is 0.604. The van der Waals surface area contributed by atoms with Gasteiger partial charge in [0.1, 0.15) is 0 Å². The molecule has 1 aromatic rings. The van der Waals surface area contributed by atoms with Gasteiger partial charge in [-0.2, -0.15) is 0 Å². The number of likely N-dealkylation sites (tertiary alicyclic amines) is 2. The monoisotopic (exact) mass is 346 g/mol. The third kappa shape index (κ3) is 2.19. The Balaban J connectivity index is 1.98. The van der Waals surface area contributed by atoms with E-state index in [1.807, 2.05) is 31.3 Å². The molecule has 2 heterocycles. The molecule has 2 aliphatic heterocycles. The van der Waals surface area contributed by atoms with E-state index in [0.29, 0.717) is 6.54 Å². The minimum atomic E-state index is -0.329. The summed E-state index contributed by atoms with van der Waals surface area (Å²) in [6.07, 6.45) is 5.26. The molecule has 0 unspecified atom stereocenters. The number of hydrogen-bond donors (Lipinski definition) is 0. The summed E-state index contributed by atoms with van der Waals surface area (Å²) in [6.45, 7) is 0.660. The predicted octanol–water partition coefficient (Wildman–Crippen LogP) is 1.67. The van der Waals surface area contributed by atoms with Crippen molar-refractivity contribution in [1.82, 2.24) is 9.80 Å². The Morgan fingerprint density at radius 1 is 1.38 bits per heavy atom. The van der Waals surface area contributed by atoms with E-state index >= 15 is 0 Å². The summed E-state index contributed by atoms with van der Waals surface area (Å²) in [7, 11) is 1.95. The number of carbonyl (C=O) groups excluding carboxylic acids is 2. The van der Waals surface area contributed by atoms with Crippen LogP contribution in [-0.2, 0) is 9.59 Å². The molecule has 2 fully saturated rings. The molecule has 3 rings (SSSR count). The second-order valence-corrected chi connectivity index (χ2v) is 6.45. The van der Waals surface area contributed by atoms with Crippen LogP contribution in [0.5, 0.6) is 0 Å². The molecule has 0 bridgehead atoms. The molecule has 21 heavy (non-hydrogen) atoms. The molecule has 0 radical (unpaired) electrons. The van der Waals surface area contributed by atoms with Gasteiger partial charge in [0.2, 0.25) is 11.8 Å². The number of fused-ring (bicyclic) bond motifs is 1. The minimum Gasteiger partial charge on any atom is -0.298 e. The minimum absolute atomic E-state index is 0.0690. The number of amides is 2. The third-order valence-electron chi connectivity index (χ3n) is 4.31. The summed E-state index contributed by atoms with van der Waals surface area (Å²) in [4.78, 5) is 28.2. The maximum atomic E-state index is 12.6. The maximum absolute atomic E-state index is 12.6. The van der Waals surface area contributed by atoms with Crippen LogP contribution < -0.4 is 0 Å². The smallest absolute Gasteiger partial charge is 0.235 e. The Bertz CT molecular complexity index is 652. The predicted molar refractivity (Wildman–Crippen MR) is 82.0 cm³/mol. The number of hydrogen-bond acceptors (Lipinski definition) is 3. The van der Waals surface area contributed by atoms with Gasteiger partial charge in [-0.1, -0.05) is 34.0 Å². The normalized spacial score (nSPS) is 28.8. The standard InChI is InChI=1S/C16H15BrN2O2/c1-3-7-19-15(20)12-9-18(2)14(13(12)16(19)21)10-5-4-6-11(17)8-10/h1,4-6,8,12-14H,7,9H2,2H3/t12-,13-,14+/m0/s1. The highest BCUT2D eigenvalue weighted by Crippen LogP contribution is 2.45. The fourth-order valence-corrected chi connectivity index (χ4v) is 3.88. The number of nitrogens with zero attached hydrogens (tertiary/aromatic N) is 2. The molecule has 0 aliphatic carbocycles. The first-order chi connectivity index (χ1) is 10.0. The Morgan fingerprint density at radius 3 is 2.81 bits per heavy atom. The molecule has 2 saturated heterocycles. The van der Waals surface area contributed by atoms with Crippen LogP contribution in [-0.4, -0.2) is 41.8 Å². The Labute approximate surface area is 132 Å². The van der Waals surface area contributed by atoms with E-state index in [2.05, 4.69) is 26.8 Å². The highest BCUT2D eigenvalue weighted by Gasteiger charge is 2.56. The summed E-state index contributed by atoms with van der Waals surface area (Å²) < 4.78 is 0.967. The number of rotatable bonds is 2. The van der Waals surface area contributed by atoms with Crippen molar-refractivity contribution in [3.63, 3.8) is 0 Å². The lowest BCUT2D eigenvalue weighted by molar-refractivity contribution is -0.140. The van der Waals surface area contributed by atoms with Gasteiger partial charge in [0.15, 0.2) is 0 Å². The second-order valence-electron chi connectivity index (χ2n) is 5.54. The Kier molecular flexibility index (Phi) is 3.60. The van der Waals surface area contributed by atoms with Crippen molar-refractivity contribution in [1.29, 1.82) is 0 Å². The van der Waals surface area contributed by atoms with Crippen LogP contribution in [0, 0.1) is 24.2 Å². The molecule has 108 valence electrons. The topological polar surface area (TPSA) is 40.6 Å². The summed E-state index contributed by atoms with van der Waals surface area (Å²) in [5.74, 6) is 1.52. The van der Waals surface area contributed by atoms with Crippen LogP contribution in [0.25, 0.3) is 0 Å². The number of benzene rings is 1. The first-order valence-electron chi connectivity index (χ1n) is 6.79. The van der Waals surface area contributed by atoms with Gasteiger partial charge < -0.3 is 0 Å². The molecule has 2 amide bonds. The van der Waals surface area contributed by atoms with E-state index in [4.69, 9.17) is 6.42 Å². The summed E-state index contributed by atoms with van der Waals surface area (Å²) >= 11 is 3.46. The summed E-state index contributed by atoms with van der Waals surface area (Å²) in [5.41, 5.74) is 1.04. The molecule has 2 aliphatic rings. The summed E-state index contributed by atoms with van der Waals surface area (Å²) in [5, 5.41) is 0. The number of imide groups is 1. The van der Waals surface area contributed by atoms with Crippen LogP contribution in [0.1, 0.15) is 11.6 Å². The van der Waals surface area contributed by atoms with Crippen LogP contribution in [0.3, 0.4) is 0 Å². The summed E-state index contributed by atoms with van der Waals surface area (Å²) in [6, 6.07) is 7.82. The number of carbonyl (C=O) groups is 2. The Morgan fingerprint density at radius 2 is 2.14 bits per heavy atom. The molecule has 3 atom stereocenters. The van der Waals surface area contributed by atoms with Crippen molar-refractivity contribution in [3.8, 4) is 12.3 Å². The van der Waals surface area contributed by atoms with Crippen molar-refractivity contribution in [2.45, 2.75) is 6.04 Å². The molecule has 5 heteroatoms. The van der Waals surface area contributed by atoms with Crippen molar-refractivity contribution in [3.05, 3.63) is 34.3 Å². The van der Waals surface area contributed by atoms with Crippen molar-refractivity contribution < 1.29 is 9.59 Å². The maximum Gasteiger partial charge on any atom is 0.235 e. The molecule has 4 nitrogen and oxygen atoms in total. The van der Waals surface area contributed by atoms with Gasteiger partial charge in [-0.25, -0.2) is 0 Å². The fourth-order valence-electron chi connectivity index (χ4n) is 3.46. The lowest BCUT2D eigenvalue weighted by Gasteiger charge is -2.25. The number of terminal acetylenes is 1. The van der Waals surface area contributed by atoms with Crippen molar-refractivity contribution in [2.24, 2.45) is 11.8 Å². The molecule has 0 saturated carbocycles. The molecular weight excluding hydrogens is 332 g/mol. The second kappa shape index (κ2) is 5.28. The van der Waals surface area contributed by atoms with Crippen molar-refractivity contribution >= 4 is 27.7 Å². The lowest BCUT2D eigenvalue weighted by atomic mass is 9.89. The lowest BCUT2D eigenvalue weighted by Crippen LogP contribution is -2.36. The van der Waals surface area contributed by atoms with E-state index in [-0.39, 0.29) is 36.2 Å². The Hall–Kier alpha value is -1.64. The van der Waals surface area contributed by atoms with E-state index < -0.39 is 0 Å². The zero-order valence-corrected chi connectivity index (χ0v) is 13.2. The molecule has 0 spiro atoms. The van der Waals surface area contributed by atoms with E-state index in [9.17, 15) is 9.59 Å². The van der Waals surface area contributed by atoms with Gasteiger partial charge in [0, 0.05) is 17.1 Å². The van der Waals surface area contributed by atoms with E-state index in [0.717, 1.165) is 10.0 Å². The average Bonchev–Trinajstić information content (AvgIpc) is 2.90. The fraction of sp³-hybridized carbons (Fsp3) is 0.375. The van der Waals surface area contributed by atoms with Crippen LogP contribution in [0.4, 0.5) is 0 Å². The molecule has 0 aromatic heterocycles. The first kappa shape index (κ1) is 14.3. The highest BCUT2D eigenvalue weighted by atomic mass is 79.9. The largest absolute Gasteiger partial charge is 0.298 e. The van der Waals surface area contributed by atoms with Crippen LogP contribution >= 0.6 is 15.9 Å². The van der Waals surface area contributed by atoms with Gasteiger partial charge >= 0.3 is 0 Å². The zero-order chi connectivity index (χ0) is 15.1. The third-order valence-corrected chi connectivity index (χ3v) is 4.80. The van der Waals surface area contributed by atoms with Gasteiger partial charge in [-0.3, -0.25) is 19.4 Å². The SMILES string of the molecule is C#CCN1C(=O)[C@H]2[C@H](CN(C)[C@@H]2c2cccc(Br)c2)C1=O. The number of halogens is 1. The van der Waals surface area contributed by atoms with E-state index in [1.54, 1.807) is 0 Å². The highest BCUT2D eigenvalue weighted by molar-refractivity contribution is 9.10. The van der Waals surface area contributed by atoms with Crippen LogP contribution in [0.15, 0.2) is 28.7 Å². The zero-order valence-electron chi connectivity index (χ0n) is 11.6. The van der Waals surface area contributed by atoms with Crippen LogP contribution in [0.2, 0.25) is 0 Å².